The number of hydrogen-bond donors (Lipinski definition) is 1. The molecule has 0 unspecified atom stereocenters. The zero-order valence-corrected chi connectivity index (χ0v) is 12.9. The minimum absolute atomic E-state index is 0.0958. The molecule has 0 aliphatic carbocycles. The summed E-state index contributed by atoms with van der Waals surface area (Å²) < 4.78 is 25.4. The number of nitrogens with one attached hydrogen (secondary N) is 1. The van der Waals surface area contributed by atoms with Crippen molar-refractivity contribution < 1.29 is 13.2 Å². The van der Waals surface area contributed by atoms with Crippen molar-refractivity contribution in [2.75, 3.05) is 26.4 Å². The highest BCUT2D eigenvalue weighted by Gasteiger charge is 2.14. The third-order valence-electron chi connectivity index (χ3n) is 2.79. The third-order valence-corrected chi connectivity index (χ3v) is 4.63. The predicted octanol–water partition coefficient (Wildman–Crippen LogP) is 1.52. The lowest BCUT2D eigenvalue weighted by Crippen LogP contribution is -2.35. The van der Waals surface area contributed by atoms with Crippen LogP contribution in [-0.2, 0) is 10.0 Å². The summed E-state index contributed by atoms with van der Waals surface area (Å²) in [5, 5.41) is 1.04. The Hall–Kier alpha value is -1.44. The SMILES string of the molecule is CN(CCNS(C)(=O)=O)C(=O)c1cc2ccccc2s1. The first kappa shape index (κ1) is 15.0. The number of carbonyl (C=O) groups is 1. The van der Waals surface area contributed by atoms with Gasteiger partial charge in [0.2, 0.25) is 10.0 Å². The van der Waals surface area contributed by atoms with Crippen LogP contribution >= 0.6 is 11.3 Å². The minimum Gasteiger partial charge on any atom is -0.340 e. The molecule has 1 heterocycles. The Morgan fingerprint density at radius 2 is 2.05 bits per heavy atom. The van der Waals surface area contributed by atoms with E-state index in [9.17, 15) is 13.2 Å². The highest BCUT2D eigenvalue weighted by atomic mass is 32.2. The molecule has 0 atom stereocenters. The smallest absolute Gasteiger partial charge is 0.263 e. The van der Waals surface area contributed by atoms with Gasteiger partial charge >= 0.3 is 0 Å². The van der Waals surface area contributed by atoms with E-state index in [4.69, 9.17) is 0 Å². The first-order chi connectivity index (χ1) is 9.37. The van der Waals surface area contributed by atoms with Gasteiger partial charge in [0.25, 0.3) is 5.91 Å². The molecule has 20 heavy (non-hydrogen) atoms. The van der Waals surface area contributed by atoms with Gasteiger partial charge in [-0.1, -0.05) is 18.2 Å². The quantitative estimate of drug-likeness (QED) is 0.910. The molecule has 0 saturated carbocycles. The molecule has 1 N–H and O–H groups in total. The number of sulfonamides is 1. The Bertz CT molecular complexity index is 689. The molecular formula is C13H16N2O3S2. The zero-order valence-electron chi connectivity index (χ0n) is 11.3. The molecule has 2 aromatic rings. The van der Waals surface area contributed by atoms with E-state index in [1.54, 1.807) is 7.05 Å². The number of fused-ring (bicyclic) bond motifs is 1. The summed E-state index contributed by atoms with van der Waals surface area (Å²) >= 11 is 1.44. The number of amides is 1. The molecule has 5 nitrogen and oxygen atoms in total. The summed E-state index contributed by atoms with van der Waals surface area (Å²) in [5.74, 6) is -0.0958. The number of likely N-dealkylation sites (N-methyl/N-ethyl adjacent to an activating group) is 1. The van der Waals surface area contributed by atoms with E-state index in [1.807, 2.05) is 30.3 Å². The zero-order chi connectivity index (χ0) is 14.8. The monoisotopic (exact) mass is 312 g/mol. The van der Waals surface area contributed by atoms with Crippen LogP contribution in [0.5, 0.6) is 0 Å². The topological polar surface area (TPSA) is 66.5 Å². The number of carbonyl (C=O) groups excluding carboxylic acids is 1. The van der Waals surface area contributed by atoms with E-state index in [-0.39, 0.29) is 12.5 Å². The standard InChI is InChI=1S/C13H16N2O3S2/c1-15(8-7-14-20(2,17)18)13(16)12-9-10-5-3-4-6-11(10)19-12/h3-6,9,14H,7-8H2,1-2H3. The van der Waals surface area contributed by atoms with Gasteiger partial charge in [-0.15, -0.1) is 11.3 Å². The predicted molar refractivity (Wildman–Crippen MR) is 81.6 cm³/mol. The number of hydrogen-bond acceptors (Lipinski definition) is 4. The second-order valence-corrected chi connectivity index (χ2v) is 7.46. The molecule has 108 valence electrons. The molecular weight excluding hydrogens is 296 g/mol. The molecule has 1 aromatic heterocycles. The molecule has 0 bridgehead atoms. The van der Waals surface area contributed by atoms with Gasteiger partial charge in [-0.05, 0) is 17.5 Å². The van der Waals surface area contributed by atoms with Gasteiger partial charge in [0.05, 0.1) is 11.1 Å². The lowest BCUT2D eigenvalue weighted by Gasteiger charge is -2.15. The van der Waals surface area contributed by atoms with Gasteiger partial charge < -0.3 is 4.90 Å². The van der Waals surface area contributed by atoms with Crippen LogP contribution in [0.2, 0.25) is 0 Å². The molecule has 0 aliphatic heterocycles. The Balaban J connectivity index is 2.03. The Kier molecular flexibility index (Phi) is 4.42. The second kappa shape index (κ2) is 5.90. The van der Waals surface area contributed by atoms with Crippen LogP contribution in [0.3, 0.4) is 0 Å². The largest absolute Gasteiger partial charge is 0.340 e. The van der Waals surface area contributed by atoms with Crippen molar-refractivity contribution in [2.24, 2.45) is 0 Å². The average Bonchev–Trinajstić information content (AvgIpc) is 2.79. The van der Waals surface area contributed by atoms with Crippen molar-refractivity contribution in [1.82, 2.24) is 9.62 Å². The maximum absolute atomic E-state index is 12.2. The fourth-order valence-corrected chi connectivity index (χ4v) is 3.30. The Morgan fingerprint density at radius 3 is 2.70 bits per heavy atom. The van der Waals surface area contributed by atoms with Gasteiger partial charge in [0, 0.05) is 24.8 Å². The van der Waals surface area contributed by atoms with Crippen LogP contribution in [0.1, 0.15) is 9.67 Å². The van der Waals surface area contributed by atoms with Crippen LogP contribution in [0, 0.1) is 0 Å². The molecule has 0 radical (unpaired) electrons. The number of thiophene rings is 1. The Labute approximate surface area is 122 Å². The van der Waals surface area contributed by atoms with Gasteiger partial charge in [0.15, 0.2) is 0 Å². The first-order valence-electron chi connectivity index (χ1n) is 6.05. The summed E-state index contributed by atoms with van der Waals surface area (Å²) in [6.07, 6.45) is 1.10. The van der Waals surface area contributed by atoms with Crippen LogP contribution in [0.4, 0.5) is 0 Å². The fraction of sp³-hybridized carbons (Fsp3) is 0.308. The van der Waals surface area contributed by atoms with E-state index < -0.39 is 10.0 Å². The first-order valence-corrected chi connectivity index (χ1v) is 8.76. The van der Waals surface area contributed by atoms with Crippen molar-refractivity contribution in [3.8, 4) is 0 Å². The average molecular weight is 312 g/mol. The summed E-state index contributed by atoms with van der Waals surface area (Å²) in [5.41, 5.74) is 0. The number of nitrogens with zero attached hydrogens (tertiary/aromatic N) is 1. The normalized spacial score (nSPS) is 11.7. The molecule has 1 amide bonds. The van der Waals surface area contributed by atoms with Gasteiger partial charge in [-0.2, -0.15) is 0 Å². The van der Waals surface area contributed by atoms with Gasteiger partial charge in [0.1, 0.15) is 0 Å². The maximum atomic E-state index is 12.2. The van der Waals surface area contributed by atoms with Crippen molar-refractivity contribution in [3.63, 3.8) is 0 Å². The van der Waals surface area contributed by atoms with Crippen LogP contribution in [0.15, 0.2) is 30.3 Å². The highest BCUT2D eigenvalue weighted by molar-refractivity contribution is 7.88. The van der Waals surface area contributed by atoms with Crippen molar-refractivity contribution >= 4 is 37.4 Å². The van der Waals surface area contributed by atoms with E-state index in [0.29, 0.717) is 11.4 Å². The van der Waals surface area contributed by atoms with Gasteiger partial charge in [-0.25, -0.2) is 13.1 Å². The van der Waals surface area contributed by atoms with E-state index in [2.05, 4.69) is 4.72 Å². The molecule has 0 spiro atoms. The summed E-state index contributed by atoms with van der Waals surface area (Å²) in [4.78, 5) is 14.4. The summed E-state index contributed by atoms with van der Waals surface area (Å²) in [6.45, 7) is 0.548. The van der Waals surface area contributed by atoms with E-state index in [0.717, 1.165) is 16.3 Å². The molecule has 1 aromatic carbocycles. The van der Waals surface area contributed by atoms with Crippen molar-refractivity contribution in [1.29, 1.82) is 0 Å². The van der Waals surface area contributed by atoms with Crippen molar-refractivity contribution in [3.05, 3.63) is 35.2 Å². The summed E-state index contributed by atoms with van der Waals surface area (Å²) in [7, 11) is -1.55. The summed E-state index contributed by atoms with van der Waals surface area (Å²) in [6, 6.07) is 9.68. The lowest BCUT2D eigenvalue weighted by molar-refractivity contribution is 0.0802. The molecule has 7 heteroatoms. The highest BCUT2D eigenvalue weighted by Crippen LogP contribution is 2.25. The van der Waals surface area contributed by atoms with Crippen LogP contribution in [-0.4, -0.2) is 45.6 Å². The maximum Gasteiger partial charge on any atom is 0.263 e. The molecule has 2 rings (SSSR count). The van der Waals surface area contributed by atoms with E-state index in [1.165, 1.54) is 16.2 Å². The molecule has 0 fully saturated rings. The van der Waals surface area contributed by atoms with Crippen LogP contribution in [0.25, 0.3) is 10.1 Å². The third kappa shape index (κ3) is 3.78. The molecule has 0 saturated heterocycles. The second-order valence-electron chi connectivity index (χ2n) is 4.54. The Morgan fingerprint density at radius 1 is 1.35 bits per heavy atom. The minimum atomic E-state index is -3.22. The van der Waals surface area contributed by atoms with Crippen molar-refractivity contribution in [2.45, 2.75) is 0 Å². The van der Waals surface area contributed by atoms with Crippen LogP contribution < -0.4 is 4.72 Å². The lowest BCUT2D eigenvalue weighted by atomic mass is 10.2. The van der Waals surface area contributed by atoms with E-state index >= 15 is 0 Å². The van der Waals surface area contributed by atoms with Gasteiger partial charge in [-0.3, -0.25) is 4.79 Å². The number of benzene rings is 1. The fourth-order valence-electron chi connectivity index (χ4n) is 1.78. The molecule has 0 aliphatic rings. The number of rotatable bonds is 5.